The Balaban J connectivity index is 1.87. The number of aromatic nitrogens is 2. The van der Waals surface area contributed by atoms with E-state index in [0.717, 1.165) is 24.7 Å². The molecule has 0 bridgehead atoms. The summed E-state index contributed by atoms with van der Waals surface area (Å²) in [5, 5.41) is 6.18. The average Bonchev–Trinajstić information content (AvgIpc) is 3.19. The van der Waals surface area contributed by atoms with E-state index in [1.807, 2.05) is 40.2 Å². The number of aliphatic imine (C=N–C) groups is 1. The first-order valence-corrected chi connectivity index (χ1v) is 9.18. The summed E-state index contributed by atoms with van der Waals surface area (Å²) in [7, 11) is 4.04. The van der Waals surface area contributed by atoms with E-state index in [-0.39, 0.29) is 5.91 Å². The van der Waals surface area contributed by atoms with Crippen LogP contribution in [0.1, 0.15) is 28.0 Å². The van der Waals surface area contributed by atoms with Gasteiger partial charge >= 0.3 is 0 Å². The number of carbonyl (C=O) groups is 1. The fraction of sp³-hybridized carbons (Fsp3) is 0.471. The van der Waals surface area contributed by atoms with E-state index in [1.54, 1.807) is 5.51 Å². The van der Waals surface area contributed by atoms with Gasteiger partial charge in [-0.1, -0.05) is 0 Å². The quantitative estimate of drug-likeness (QED) is 0.446. The fourth-order valence-electron chi connectivity index (χ4n) is 2.38. The van der Waals surface area contributed by atoms with Gasteiger partial charge in [-0.25, -0.2) is 4.98 Å². The van der Waals surface area contributed by atoms with E-state index in [1.165, 1.54) is 17.0 Å². The monoisotopic (exact) mass is 362 g/mol. The zero-order chi connectivity index (χ0) is 18.2. The highest BCUT2D eigenvalue weighted by atomic mass is 32.1. The van der Waals surface area contributed by atoms with Gasteiger partial charge in [0.15, 0.2) is 5.96 Å². The summed E-state index contributed by atoms with van der Waals surface area (Å²) in [6.45, 7) is 6.45. The Morgan fingerprint density at radius 3 is 2.84 bits per heavy atom. The van der Waals surface area contributed by atoms with Crippen molar-refractivity contribution in [2.24, 2.45) is 12.0 Å². The van der Waals surface area contributed by atoms with Crippen LogP contribution in [0.4, 0.5) is 0 Å². The van der Waals surface area contributed by atoms with E-state index in [9.17, 15) is 4.79 Å². The SMILES string of the molecule is CCNC(=NCCNC(=O)c1scnc1C)N(C)Cc1cccn1C. The van der Waals surface area contributed by atoms with Crippen molar-refractivity contribution in [2.45, 2.75) is 20.4 Å². The second kappa shape index (κ2) is 9.22. The number of aryl methyl sites for hydroxylation is 2. The normalized spacial score (nSPS) is 11.4. The first-order chi connectivity index (χ1) is 12.0. The van der Waals surface area contributed by atoms with Crippen LogP contribution < -0.4 is 10.6 Å². The lowest BCUT2D eigenvalue weighted by Crippen LogP contribution is -2.39. The highest BCUT2D eigenvalue weighted by molar-refractivity contribution is 7.11. The summed E-state index contributed by atoms with van der Waals surface area (Å²) in [5.41, 5.74) is 3.66. The van der Waals surface area contributed by atoms with Crippen molar-refractivity contribution in [3.05, 3.63) is 40.1 Å². The number of carbonyl (C=O) groups excluding carboxylic acids is 1. The van der Waals surface area contributed by atoms with E-state index >= 15 is 0 Å². The number of thiazole rings is 1. The molecule has 2 heterocycles. The van der Waals surface area contributed by atoms with Gasteiger partial charge < -0.3 is 20.1 Å². The molecule has 25 heavy (non-hydrogen) atoms. The molecule has 1 amide bonds. The molecule has 0 unspecified atom stereocenters. The van der Waals surface area contributed by atoms with Crippen LogP contribution in [0.3, 0.4) is 0 Å². The molecule has 0 radical (unpaired) electrons. The maximum atomic E-state index is 12.1. The summed E-state index contributed by atoms with van der Waals surface area (Å²) in [6.07, 6.45) is 2.03. The maximum absolute atomic E-state index is 12.1. The molecule has 0 saturated heterocycles. The lowest BCUT2D eigenvalue weighted by Gasteiger charge is -2.22. The van der Waals surface area contributed by atoms with E-state index in [2.05, 4.69) is 36.1 Å². The highest BCUT2D eigenvalue weighted by Gasteiger charge is 2.11. The van der Waals surface area contributed by atoms with Crippen molar-refractivity contribution in [1.29, 1.82) is 0 Å². The topological polar surface area (TPSA) is 74.5 Å². The van der Waals surface area contributed by atoms with Crippen molar-refractivity contribution in [3.63, 3.8) is 0 Å². The van der Waals surface area contributed by atoms with E-state index < -0.39 is 0 Å². The first-order valence-electron chi connectivity index (χ1n) is 8.30. The van der Waals surface area contributed by atoms with Crippen molar-refractivity contribution >= 4 is 23.2 Å². The predicted octanol–water partition coefficient (Wildman–Crippen LogP) is 1.62. The molecule has 0 aliphatic carbocycles. The average molecular weight is 363 g/mol. The molecule has 0 atom stereocenters. The third-order valence-electron chi connectivity index (χ3n) is 3.76. The molecule has 2 rings (SSSR count). The van der Waals surface area contributed by atoms with Crippen LogP contribution in [0.25, 0.3) is 0 Å². The van der Waals surface area contributed by atoms with Crippen LogP contribution in [0.2, 0.25) is 0 Å². The number of amides is 1. The summed E-state index contributed by atoms with van der Waals surface area (Å²) >= 11 is 1.36. The molecule has 2 aromatic rings. The van der Waals surface area contributed by atoms with Crippen molar-refractivity contribution < 1.29 is 4.79 Å². The molecule has 0 saturated carbocycles. The van der Waals surface area contributed by atoms with Crippen molar-refractivity contribution in [1.82, 2.24) is 25.1 Å². The zero-order valence-corrected chi connectivity index (χ0v) is 16.1. The summed E-state index contributed by atoms with van der Waals surface area (Å²) in [4.78, 5) is 23.5. The third-order valence-corrected chi connectivity index (χ3v) is 4.68. The minimum absolute atomic E-state index is 0.0858. The minimum Gasteiger partial charge on any atom is -0.357 e. The van der Waals surface area contributed by atoms with Gasteiger partial charge in [0, 0.05) is 39.1 Å². The van der Waals surface area contributed by atoms with Crippen LogP contribution in [-0.4, -0.2) is 53.0 Å². The first kappa shape index (κ1) is 19.0. The minimum atomic E-state index is -0.0858. The fourth-order valence-corrected chi connectivity index (χ4v) is 3.10. The van der Waals surface area contributed by atoms with Crippen molar-refractivity contribution in [2.75, 3.05) is 26.7 Å². The largest absolute Gasteiger partial charge is 0.357 e. The molecule has 7 nitrogen and oxygen atoms in total. The lowest BCUT2D eigenvalue weighted by molar-refractivity contribution is 0.0958. The van der Waals surface area contributed by atoms with Crippen LogP contribution in [0.15, 0.2) is 28.8 Å². The standard InChI is InChI=1S/C17H26N6OS/c1-5-18-17(23(4)11-14-7-6-10-22(14)3)20-9-8-19-16(24)15-13(2)21-12-25-15/h6-7,10,12H,5,8-9,11H2,1-4H3,(H,18,20)(H,19,24). The van der Waals surface area contributed by atoms with Gasteiger partial charge in [-0.3, -0.25) is 9.79 Å². The van der Waals surface area contributed by atoms with Gasteiger partial charge in [0.05, 0.1) is 24.3 Å². The Hall–Kier alpha value is -2.35. The Morgan fingerprint density at radius 2 is 2.24 bits per heavy atom. The zero-order valence-electron chi connectivity index (χ0n) is 15.2. The number of nitrogens with one attached hydrogen (secondary N) is 2. The Kier molecular flexibility index (Phi) is 7.00. The molecular formula is C17H26N6OS. The van der Waals surface area contributed by atoms with E-state index in [4.69, 9.17) is 0 Å². The van der Waals surface area contributed by atoms with Crippen LogP contribution in [0, 0.1) is 6.92 Å². The van der Waals surface area contributed by atoms with Gasteiger partial charge in [-0.05, 0) is 26.0 Å². The number of hydrogen-bond acceptors (Lipinski definition) is 4. The molecule has 136 valence electrons. The number of hydrogen-bond donors (Lipinski definition) is 2. The molecule has 2 N–H and O–H groups in total. The number of rotatable bonds is 7. The lowest BCUT2D eigenvalue weighted by atomic mass is 10.4. The van der Waals surface area contributed by atoms with Crippen LogP contribution >= 0.6 is 11.3 Å². The van der Waals surface area contributed by atoms with Gasteiger partial charge in [-0.2, -0.15) is 0 Å². The molecule has 2 aromatic heterocycles. The Bertz CT molecular complexity index is 720. The summed E-state index contributed by atoms with van der Waals surface area (Å²) < 4.78 is 2.09. The van der Waals surface area contributed by atoms with Gasteiger partial charge in [-0.15, -0.1) is 11.3 Å². The Morgan fingerprint density at radius 1 is 1.44 bits per heavy atom. The molecule has 0 fully saturated rings. The second-order valence-electron chi connectivity index (χ2n) is 5.72. The van der Waals surface area contributed by atoms with Gasteiger partial charge in [0.25, 0.3) is 5.91 Å². The third kappa shape index (κ3) is 5.32. The number of nitrogens with zero attached hydrogens (tertiary/aromatic N) is 4. The van der Waals surface area contributed by atoms with Crippen LogP contribution in [0.5, 0.6) is 0 Å². The summed E-state index contributed by atoms with van der Waals surface area (Å²) in [5.74, 6) is 0.740. The molecule has 8 heteroatoms. The molecule has 0 aliphatic rings. The number of guanidine groups is 1. The predicted molar refractivity (Wildman–Crippen MR) is 102 cm³/mol. The summed E-state index contributed by atoms with van der Waals surface area (Å²) in [6, 6.07) is 4.13. The molecule has 0 aliphatic heterocycles. The smallest absolute Gasteiger partial charge is 0.263 e. The second-order valence-corrected chi connectivity index (χ2v) is 6.58. The Labute approximate surface area is 152 Å². The molecule has 0 spiro atoms. The maximum Gasteiger partial charge on any atom is 0.263 e. The van der Waals surface area contributed by atoms with Gasteiger partial charge in [0.2, 0.25) is 0 Å². The van der Waals surface area contributed by atoms with Gasteiger partial charge in [0.1, 0.15) is 4.88 Å². The van der Waals surface area contributed by atoms with Crippen molar-refractivity contribution in [3.8, 4) is 0 Å². The van der Waals surface area contributed by atoms with Crippen LogP contribution in [-0.2, 0) is 13.6 Å². The van der Waals surface area contributed by atoms with E-state index in [0.29, 0.717) is 18.0 Å². The molecule has 0 aromatic carbocycles. The molecular weight excluding hydrogens is 336 g/mol. The highest BCUT2D eigenvalue weighted by Crippen LogP contribution is 2.11.